The van der Waals surface area contributed by atoms with Crippen molar-refractivity contribution in [2.45, 2.75) is 12.9 Å². The first kappa shape index (κ1) is 13.3. The lowest BCUT2D eigenvalue weighted by Gasteiger charge is -2.09. The first-order valence-corrected chi connectivity index (χ1v) is 5.35. The summed E-state index contributed by atoms with van der Waals surface area (Å²) in [6.07, 6.45) is -1.56. The van der Waals surface area contributed by atoms with Gasteiger partial charge in [0.2, 0.25) is 0 Å². The summed E-state index contributed by atoms with van der Waals surface area (Å²) in [5.74, 6) is 0.233. The van der Waals surface area contributed by atoms with Crippen LogP contribution in [0.4, 0.5) is 13.2 Å². The molecule has 1 heterocycles. The van der Waals surface area contributed by atoms with Crippen LogP contribution in [0.1, 0.15) is 5.82 Å². The molecule has 2 rings (SSSR count). The second kappa shape index (κ2) is 5.23. The van der Waals surface area contributed by atoms with Crippen molar-refractivity contribution < 1.29 is 17.9 Å². The molecule has 0 aliphatic carbocycles. The van der Waals surface area contributed by atoms with Gasteiger partial charge in [-0.3, -0.25) is 0 Å². The van der Waals surface area contributed by atoms with E-state index < -0.39 is 6.36 Å². The summed E-state index contributed by atoms with van der Waals surface area (Å²) in [5, 5.41) is 0. The number of halogens is 3. The van der Waals surface area contributed by atoms with E-state index in [2.05, 4.69) is 14.7 Å². The van der Waals surface area contributed by atoms with Gasteiger partial charge in [0.25, 0.3) is 0 Å². The molecule has 0 bridgehead atoms. The van der Waals surface area contributed by atoms with E-state index in [4.69, 9.17) is 5.73 Å². The molecule has 0 saturated carbocycles. The summed E-state index contributed by atoms with van der Waals surface area (Å²) in [5.41, 5.74) is 6.75. The maximum atomic E-state index is 12.0. The molecule has 7 heteroatoms. The summed E-state index contributed by atoms with van der Waals surface area (Å²) < 4.78 is 39.8. The number of rotatable bonds is 3. The van der Waals surface area contributed by atoms with Crippen LogP contribution in [0.25, 0.3) is 11.1 Å². The Morgan fingerprint density at radius 2 is 1.58 bits per heavy atom. The highest BCUT2D eigenvalue weighted by Crippen LogP contribution is 2.25. The van der Waals surface area contributed by atoms with Crippen molar-refractivity contribution in [2.75, 3.05) is 0 Å². The minimum absolute atomic E-state index is 0.235. The van der Waals surface area contributed by atoms with Gasteiger partial charge in [-0.05, 0) is 17.7 Å². The summed E-state index contributed by atoms with van der Waals surface area (Å²) in [7, 11) is 0. The van der Waals surface area contributed by atoms with Crippen LogP contribution in [0.5, 0.6) is 5.75 Å². The van der Waals surface area contributed by atoms with Crippen molar-refractivity contribution >= 4 is 0 Å². The predicted molar refractivity (Wildman–Crippen MR) is 62.0 cm³/mol. The number of nitrogens with zero attached hydrogens (tertiary/aromatic N) is 2. The number of hydrogen-bond acceptors (Lipinski definition) is 4. The molecule has 0 saturated heterocycles. The molecule has 2 aromatic rings. The third-order valence-electron chi connectivity index (χ3n) is 2.31. The molecule has 0 aliphatic heterocycles. The monoisotopic (exact) mass is 269 g/mol. The van der Waals surface area contributed by atoms with Crippen molar-refractivity contribution in [3.8, 4) is 16.9 Å². The SMILES string of the molecule is NCc1ncc(-c2ccc(OC(F)(F)F)cc2)cn1. The van der Waals surface area contributed by atoms with Gasteiger partial charge in [-0.2, -0.15) is 0 Å². The number of ether oxygens (including phenoxy) is 1. The molecule has 2 N–H and O–H groups in total. The van der Waals surface area contributed by atoms with E-state index in [9.17, 15) is 13.2 Å². The molecular formula is C12H10F3N3O. The average Bonchev–Trinajstić information content (AvgIpc) is 2.38. The number of nitrogens with two attached hydrogens (primary N) is 1. The number of alkyl halides is 3. The van der Waals surface area contributed by atoms with Crippen LogP contribution in [0.3, 0.4) is 0 Å². The molecule has 1 aromatic heterocycles. The maximum absolute atomic E-state index is 12.0. The Bertz CT molecular complexity index is 538. The minimum atomic E-state index is -4.69. The first-order valence-electron chi connectivity index (χ1n) is 5.35. The van der Waals surface area contributed by atoms with Crippen LogP contribution in [0.2, 0.25) is 0 Å². The lowest BCUT2D eigenvalue weighted by Crippen LogP contribution is -2.16. The van der Waals surface area contributed by atoms with Crippen molar-refractivity contribution in [1.29, 1.82) is 0 Å². The summed E-state index contributed by atoms with van der Waals surface area (Å²) in [6, 6.07) is 5.48. The lowest BCUT2D eigenvalue weighted by molar-refractivity contribution is -0.274. The van der Waals surface area contributed by atoms with Gasteiger partial charge >= 0.3 is 6.36 Å². The van der Waals surface area contributed by atoms with Crippen molar-refractivity contribution in [3.05, 3.63) is 42.5 Å². The Morgan fingerprint density at radius 3 is 2.05 bits per heavy atom. The topological polar surface area (TPSA) is 61.0 Å². The highest BCUT2D eigenvalue weighted by atomic mass is 19.4. The second-order valence-corrected chi connectivity index (χ2v) is 3.66. The number of aromatic nitrogens is 2. The first-order chi connectivity index (χ1) is 8.98. The zero-order chi connectivity index (χ0) is 13.9. The van der Waals surface area contributed by atoms with Gasteiger partial charge in [-0.1, -0.05) is 12.1 Å². The van der Waals surface area contributed by atoms with Crippen LogP contribution in [-0.2, 0) is 6.54 Å². The third kappa shape index (κ3) is 3.65. The van der Waals surface area contributed by atoms with Crippen LogP contribution in [0, 0.1) is 0 Å². The minimum Gasteiger partial charge on any atom is -0.406 e. The highest BCUT2D eigenvalue weighted by molar-refractivity contribution is 5.62. The summed E-state index contributed by atoms with van der Waals surface area (Å²) in [4.78, 5) is 8.02. The normalized spacial score (nSPS) is 11.4. The van der Waals surface area contributed by atoms with Crippen LogP contribution in [0.15, 0.2) is 36.7 Å². The van der Waals surface area contributed by atoms with Gasteiger partial charge < -0.3 is 10.5 Å². The average molecular weight is 269 g/mol. The molecule has 0 radical (unpaired) electrons. The van der Waals surface area contributed by atoms with Crippen LogP contribution < -0.4 is 10.5 Å². The smallest absolute Gasteiger partial charge is 0.406 e. The van der Waals surface area contributed by atoms with Gasteiger partial charge in [0.1, 0.15) is 11.6 Å². The van der Waals surface area contributed by atoms with E-state index in [0.29, 0.717) is 17.0 Å². The largest absolute Gasteiger partial charge is 0.573 e. The number of hydrogen-bond donors (Lipinski definition) is 1. The Labute approximate surface area is 107 Å². The lowest BCUT2D eigenvalue weighted by atomic mass is 10.1. The van der Waals surface area contributed by atoms with Gasteiger partial charge in [-0.25, -0.2) is 9.97 Å². The van der Waals surface area contributed by atoms with Gasteiger partial charge in [0.15, 0.2) is 0 Å². The van der Waals surface area contributed by atoms with E-state index in [1.165, 1.54) is 24.3 Å². The molecule has 1 aromatic carbocycles. The Balaban J connectivity index is 2.17. The van der Waals surface area contributed by atoms with E-state index >= 15 is 0 Å². The summed E-state index contributed by atoms with van der Waals surface area (Å²) in [6.45, 7) is 0.235. The summed E-state index contributed by atoms with van der Waals surface area (Å²) >= 11 is 0. The molecule has 0 amide bonds. The Hall–Kier alpha value is -2.15. The number of benzene rings is 1. The molecule has 0 unspecified atom stereocenters. The van der Waals surface area contributed by atoms with E-state index in [0.717, 1.165) is 0 Å². The molecule has 0 atom stereocenters. The van der Waals surface area contributed by atoms with Crippen molar-refractivity contribution in [2.24, 2.45) is 5.73 Å². The van der Waals surface area contributed by atoms with Crippen LogP contribution >= 0.6 is 0 Å². The molecule has 19 heavy (non-hydrogen) atoms. The molecular weight excluding hydrogens is 259 g/mol. The van der Waals surface area contributed by atoms with Crippen LogP contribution in [-0.4, -0.2) is 16.3 Å². The Kier molecular flexibility index (Phi) is 3.66. The fourth-order valence-electron chi connectivity index (χ4n) is 1.46. The van der Waals surface area contributed by atoms with Gasteiger partial charge in [0.05, 0.1) is 6.54 Å². The molecule has 0 aliphatic rings. The van der Waals surface area contributed by atoms with E-state index in [-0.39, 0.29) is 12.3 Å². The van der Waals surface area contributed by atoms with E-state index in [1.54, 1.807) is 12.4 Å². The third-order valence-corrected chi connectivity index (χ3v) is 2.31. The second-order valence-electron chi connectivity index (χ2n) is 3.66. The fourth-order valence-corrected chi connectivity index (χ4v) is 1.46. The van der Waals surface area contributed by atoms with Crippen molar-refractivity contribution in [3.63, 3.8) is 0 Å². The standard InChI is InChI=1S/C12H10F3N3O/c13-12(14,15)19-10-3-1-8(2-4-10)9-6-17-11(5-16)18-7-9/h1-4,6-7H,5,16H2. The van der Waals surface area contributed by atoms with Gasteiger partial charge in [-0.15, -0.1) is 13.2 Å². The fraction of sp³-hybridized carbons (Fsp3) is 0.167. The molecule has 0 spiro atoms. The van der Waals surface area contributed by atoms with Crippen molar-refractivity contribution in [1.82, 2.24) is 9.97 Å². The van der Waals surface area contributed by atoms with Gasteiger partial charge in [0, 0.05) is 18.0 Å². The molecule has 0 fully saturated rings. The van der Waals surface area contributed by atoms with E-state index in [1.807, 2.05) is 0 Å². The molecule has 100 valence electrons. The zero-order valence-corrected chi connectivity index (χ0v) is 9.69. The zero-order valence-electron chi connectivity index (χ0n) is 9.69. The maximum Gasteiger partial charge on any atom is 0.573 e. The molecule has 4 nitrogen and oxygen atoms in total. The Morgan fingerprint density at radius 1 is 1.00 bits per heavy atom. The highest BCUT2D eigenvalue weighted by Gasteiger charge is 2.30. The predicted octanol–water partition coefficient (Wildman–Crippen LogP) is 2.50. The quantitative estimate of drug-likeness (QED) is 0.930.